The van der Waals surface area contributed by atoms with E-state index < -0.39 is 0 Å². The highest BCUT2D eigenvalue weighted by Gasteiger charge is 2.36. The van der Waals surface area contributed by atoms with Crippen LogP contribution >= 0.6 is 0 Å². The highest BCUT2D eigenvalue weighted by Crippen LogP contribution is 2.28. The highest BCUT2D eigenvalue weighted by atomic mass is 16.2. The quantitative estimate of drug-likeness (QED) is 0.830. The first-order valence-corrected chi connectivity index (χ1v) is 8.88. The predicted octanol–water partition coefficient (Wildman–Crippen LogP) is 1.81. The van der Waals surface area contributed by atoms with Gasteiger partial charge in [-0.2, -0.15) is 0 Å². The molecule has 2 amide bonds. The van der Waals surface area contributed by atoms with Crippen LogP contribution in [0.25, 0.3) is 0 Å². The van der Waals surface area contributed by atoms with Crippen LogP contribution in [0, 0.1) is 5.92 Å². The summed E-state index contributed by atoms with van der Waals surface area (Å²) >= 11 is 0. The van der Waals surface area contributed by atoms with E-state index in [1.54, 1.807) is 0 Å². The van der Waals surface area contributed by atoms with Crippen molar-refractivity contribution >= 4 is 11.8 Å². The minimum Gasteiger partial charge on any atom is -0.355 e. The fraction of sp³-hybridized carbons (Fsp3) is 0.579. The van der Waals surface area contributed by atoms with Crippen molar-refractivity contribution in [3.63, 3.8) is 0 Å². The number of rotatable bonds is 7. The van der Waals surface area contributed by atoms with Gasteiger partial charge < -0.3 is 15.1 Å². The first kappa shape index (κ1) is 17.0. The van der Waals surface area contributed by atoms with Crippen LogP contribution in [0.15, 0.2) is 30.3 Å². The van der Waals surface area contributed by atoms with Crippen LogP contribution in [0.2, 0.25) is 0 Å². The third-order valence-electron chi connectivity index (χ3n) is 5.21. The number of amides is 2. The minimum atomic E-state index is -0.227. The molecule has 1 N–H and O–H groups in total. The molecule has 1 aromatic carbocycles. The van der Waals surface area contributed by atoms with E-state index >= 15 is 0 Å². The summed E-state index contributed by atoms with van der Waals surface area (Å²) < 4.78 is 0. The van der Waals surface area contributed by atoms with Crippen LogP contribution in [0.3, 0.4) is 0 Å². The number of carbonyl (C=O) groups excluding carboxylic acids is 2. The fourth-order valence-corrected chi connectivity index (χ4v) is 3.39. The topological polar surface area (TPSA) is 52.7 Å². The van der Waals surface area contributed by atoms with Gasteiger partial charge in [0.2, 0.25) is 11.8 Å². The summed E-state index contributed by atoms with van der Waals surface area (Å²) in [6.07, 6.45) is 2.86. The van der Waals surface area contributed by atoms with Crippen LogP contribution in [0.5, 0.6) is 0 Å². The summed E-state index contributed by atoms with van der Waals surface area (Å²) in [6.45, 7) is 4.07. The Kier molecular flexibility index (Phi) is 5.19. The van der Waals surface area contributed by atoms with Gasteiger partial charge in [-0.1, -0.05) is 30.3 Å². The first-order valence-electron chi connectivity index (χ1n) is 8.88. The number of carbonyl (C=O) groups is 2. The van der Waals surface area contributed by atoms with Crippen LogP contribution in [0.4, 0.5) is 0 Å². The lowest BCUT2D eigenvalue weighted by Crippen LogP contribution is -2.38. The van der Waals surface area contributed by atoms with Gasteiger partial charge in [-0.05, 0) is 32.4 Å². The summed E-state index contributed by atoms with van der Waals surface area (Å²) in [7, 11) is 2.10. The molecule has 130 valence electrons. The molecular formula is C19H27N3O2. The minimum absolute atomic E-state index is 0.00955. The molecule has 2 aliphatic rings. The Balaban J connectivity index is 1.49. The van der Waals surface area contributed by atoms with Crippen LogP contribution in [-0.2, 0) is 9.59 Å². The zero-order valence-corrected chi connectivity index (χ0v) is 14.6. The lowest BCUT2D eigenvalue weighted by Gasteiger charge is -2.25. The number of hydrogen-bond acceptors (Lipinski definition) is 3. The summed E-state index contributed by atoms with van der Waals surface area (Å²) in [4.78, 5) is 28.8. The largest absolute Gasteiger partial charge is 0.355 e. The molecule has 1 heterocycles. The van der Waals surface area contributed by atoms with Gasteiger partial charge in [0.25, 0.3) is 0 Å². The molecule has 2 atom stereocenters. The van der Waals surface area contributed by atoms with E-state index in [0.717, 1.165) is 12.1 Å². The second kappa shape index (κ2) is 7.34. The standard InChI is InChI=1S/C19H27N3O2/c1-14(15-6-4-3-5-7-15)22-13-16(12-18(22)23)19(24)20-10-11-21(2)17-8-9-17/h3-7,14,16-17H,8-13H2,1-2H3,(H,20,24)/t14-,16-/m0/s1. The molecule has 0 unspecified atom stereocenters. The molecule has 3 rings (SSSR count). The SMILES string of the molecule is C[C@@H](c1ccccc1)N1C[C@@H](C(=O)NCCN(C)C2CC2)CC1=O. The number of likely N-dealkylation sites (N-methyl/N-ethyl adjacent to an activating group) is 1. The van der Waals surface area contributed by atoms with Crippen LogP contribution in [0.1, 0.15) is 37.8 Å². The maximum Gasteiger partial charge on any atom is 0.225 e. The summed E-state index contributed by atoms with van der Waals surface area (Å²) in [6, 6.07) is 10.7. The maximum absolute atomic E-state index is 12.4. The number of hydrogen-bond donors (Lipinski definition) is 1. The average molecular weight is 329 g/mol. The van der Waals surface area contributed by atoms with Crippen LogP contribution in [-0.4, -0.2) is 54.3 Å². The van der Waals surface area contributed by atoms with Crippen molar-refractivity contribution in [1.29, 1.82) is 0 Å². The van der Waals surface area contributed by atoms with E-state index in [0.29, 0.717) is 25.6 Å². The molecule has 0 radical (unpaired) electrons. The highest BCUT2D eigenvalue weighted by molar-refractivity contribution is 5.89. The maximum atomic E-state index is 12.4. The average Bonchev–Trinajstić information content (AvgIpc) is 3.37. The number of nitrogens with zero attached hydrogens (tertiary/aromatic N) is 2. The molecular weight excluding hydrogens is 302 g/mol. The molecule has 1 aliphatic heterocycles. The van der Waals surface area contributed by atoms with Gasteiger partial charge in [0.15, 0.2) is 0 Å². The Morgan fingerprint density at radius 1 is 1.33 bits per heavy atom. The molecule has 1 saturated heterocycles. The summed E-state index contributed by atoms with van der Waals surface area (Å²) in [5.41, 5.74) is 1.11. The van der Waals surface area contributed by atoms with Crippen molar-refractivity contribution < 1.29 is 9.59 Å². The molecule has 0 aromatic heterocycles. The second-order valence-electron chi connectivity index (χ2n) is 7.04. The van der Waals surface area contributed by atoms with Gasteiger partial charge in [0, 0.05) is 32.1 Å². The normalized spacial score (nSPS) is 22.0. The van der Waals surface area contributed by atoms with Crippen molar-refractivity contribution in [3.8, 4) is 0 Å². The molecule has 1 aromatic rings. The van der Waals surface area contributed by atoms with Crippen molar-refractivity contribution in [2.75, 3.05) is 26.7 Å². The molecule has 0 spiro atoms. The summed E-state index contributed by atoms with van der Waals surface area (Å²) in [5.74, 6) is -0.146. The van der Waals surface area contributed by atoms with Crippen molar-refractivity contribution in [3.05, 3.63) is 35.9 Å². The van der Waals surface area contributed by atoms with Crippen molar-refractivity contribution in [2.45, 2.75) is 38.3 Å². The molecule has 2 fully saturated rings. The third-order valence-corrected chi connectivity index (χ3v) is 5.21. The molecule has 1 aliphatic carbocycles. The lowest BCUT2D eigenvalue weighted by molar-refractivity contribution is -0.130. The summed E-state index contributed by atoms with van der Waals surface area (Å²) in [5, 5.41) is 3.00. The van der Waals surface area contributed by atoms with Crippen molar-refractivity contribution in [2.24, 2.45) is 5.92 Å². The Hall–Kier alpha value is -1.88. The van der Waals surface area contributed by atoms with Crippen LogP contribution < -0.4 is 5.32 Å². The molecule has 24 heavy (non-hydrogen) atoms. The monoisotopic (exact) mass is 329 g/mol. The zero-order valence-electron chi connectivity index (χ0n) is 14.6. The Labute approximate surface area is 144 Å². The third kappa shape index (κ3) is 3.96. The predicted molar refractivity (Wildman–Crippen MR) is 93.3 cm³/mol. The number of benzene rings is 1. The van der Waals surface area contributed by atoms with E-state index in [9.17, 15) is 9.59 Å². The van der Waals surface area contributed by atoms with Gasteiger partial charge in [0.1, 0.15) is 0 Å². The van der Waals surface area contributed by atoms with Gasteiger partial charge in [-0.15, -0.1) is 0 Å². The van der Waals surface area contributed by atoms with Gasteiger partial charge in [0.05, 0.1) is 12.0 Å². The van der Waals surface area contributed by atoms with E-state index in [4.69, 9.17) is 0 Å². The smallest absolute Gasteiger partial charge is 0.225 e. The lowest BCUT2D eigenvalue weighted by atomic mass is 10.1. The Morgan fingerprint density at radius 3 is 2.71 bits per heavy atom. The Bertz CT molecular complexity index is 586. The van der Waals surface area contributed by atoms with E-state index in [2.05, 4.69) is 17.3 Å². The van der Waals surface area contributed by atoms with Crippen molar-refractivity contribution in [1.82, 2.24) is 15.1 Å². The first-order chi connectivity index (χ1) is 11.6. The molecule has 1 saturated carbocycles. The molecule has 5 heteroatoms. The van der Waals surface area contributed by atoms with Gasteiger partial charge in [-0.3, -0.25) is 9.59 Å². The second-order valence-corrected chi connectivity index (χ2v) is 7.04. The zero-order chi connectivity index (χ0) is 17.1. The van der Waals surface area contributed by atoms with Gasteiger partial charge >= 0.3 is 0 Å². The Morgan fingerprint density at radius 2 is 2.04 bits per heavy atom. The number of likely N-dealkylation sites (tertiary alicyclic amines) is 1. The van der Waals surface area contributed by atoms with Gasteiger partial charge in [-0.25, -0.2) is 0 Å². The fourth-order valence-electron chi connectivity index (χ4n) is 3.39. The molecule has 5 nitrogen and oxygen atoms in total. The number of nitrogens with one attached hydrogen (secondary N) is 1. The molecule has 0 bridgehead atoms. The van der Waals surface area contributed by atoms with E-state index in [1.807, 2.05) is 42.2 Å². The van der Waals surface area contributed by atoms with E-state index in [-0.39, 0.29) is 23.8 Å². The van der Waals surface area contributed by atoms with E-state index in [1.165, 1.54) is 12.8 Å².